The highest BCUT2D eigenvalue weighted by atomic mass is 16.3. The average Bonchev–Trinajstić information content (AvgIpc) is 1.52. The third-order valence-electron chi connectivity index (χ3n) is 16.6. The van der Waals surface area contributed by atoms with Crippen LogP contribution < -0.4 is 70.4 Å². The Balaban J connectivity index is 1.48. The molecule has 2 saturated heterocycles. The smallest absolute Gasteiger partial charge is 0.246 e. The number of carbonyl (C=O) groups excluding carboxylic acids is 12. The molecule has 17 N–H and O–H groups in total. The van der Waals surface area contributed by atoms with E-state index in [2.05, 4.69) is 53.2 Å². The third kappa shape index (κ3) is 23.9. The van der Waals surface area contributed by atoms with E-state index in [1.54, 1.807) is 105 Å². The summed E-state index contributed by atoms with van der Waals surface area (Å²) in [6.07, 6.45) is -0.438. The number of unbranched alkanes of at least 4 members (excludes halogenated alkanes) is 1. The molecule has 4 aromatic rings. The minimum atomic E-state index is -1.70. The van der Waals surface area contributed by atoms with Crippen LogP contribution in [0.4, 0.5) is 0 Å². The van der Waals surface area contributed by atoms with Crippen LogP contribution in [0.2, 0.25) is 0 Å². The Morgan fingerprint density at radius 3 is 1.36 bits per heavy atom. The fourth-order valence-corrected chi connectivity index (χ4v) is 11.3. The van der Waals surface area contributed by atoms with E-state index in [-0.39, 0.29) is 96.1 Å². The second kappa shape index (κ2) is 38.6. The van der Waals surface area contributed by atoms with Crippen molar-refractivity contribution >= 4 is 70.9 Å². The molecule has 0 radical (unpaired) electrons. The van der Waals surface area contributed by atoms with Gasteiger partial charge in [0, 0.05) is 45.2 Å². The van der Waals surface area contributed by atoms with E-state index < -0.39 is 150 Å². The number of fused-ring (bicyclic) bond motifs is 1. The highest BCUT2D eigenvalue weighted by Gasteiger charge is 2.42. The molecule has 0 aromatic heterocycles. The molecule has 27 nitrogen and oxygen atoms in total. The maximum atomic E-state index is 15.2. The molecule has 518 valence electrons. The van der Waals surface area contributed by atoms with E-state index in [9.17, 15) is 48.3 Å². The molecule has 0 spiro atoms. The Bertz CT molecular complexity index is 3270. The summed E-state index contributed by atoms with van der Waals surface area (Å²) in [5.74, 6) is -10.9. The van der Waals surface area contributed by atoms with E-state index in [1.165, 1.54) is 29.2 Å². The first-order chi connectivity index (χ1) is 46.1. The van der Waals surface area contributed by atoms with Crippen LogP contribution in [0.1, 0.15) is 114 Å². The summed E-state index contributed by atoms with van der Waals surface area (Å²) in [6, 6.07) is 17.1. The molecule has 2 aliphatic heterocycles. The molecule has 0 saturated carbocycles. The van der Waals surface area contributed by atoms with E-state index in [1.807, 2.05) is 6.92 Å². The zero-order valence-electron chi connectivity index (χ0n) is 54.8. The molecule has 2 fully saturated rings. The van der Waals surface area contributed by atoms with Gasteiger partial charge in [-0.25, -0.2) is 0 Å². The lowest BCUT2D eigenvalue weighted by Gasteiger charge is -2.31. The van der Waals surface area contributed by atoms with Gasteiger partial charge in [0.2, 0.25) is 70.9 Å². The number of rotatable bonds is 23. The first kappa shape index (κ1) is 75.3. The molecule has 0 bridgehead atoms. The number of nitrogens with one attached hydrogen (secondary N) is 10. The van der Waals surface area contributed by atoms with Crippen LogP contribution in [-0.2, 0) is 83.2 Å². The highest BCUT2D eigenvalue weighted by Crippen LogP contribution is 2.22. The number of aromatic hydroxyl groups is 1. The molecular weight excluding hydrogens is 1230 g/mol. The first-order valence-corrected chi connectivity index (χ1v) is 33.0. The van der Waals surface area contributed by atoms with Crippen molar-refractivity contribution in [3.63, 3.8) is 0 Å². The van der Waals surface area contributed by atoms with Crippen molar-refractivity contribution in [3.05, 3.63) is 138 Å². The molecule has 0 unspecified atom stereocenters. The van der Waals surface area contributed by atoms with Gasteiger partial charge in [0.05, 0.1) is 6.42 Å². The van der Waals surface area contributed by atoms with Gasteiger partial charge in [-0.15, -0.1) is 0 Å². The predicted molar refractivity (Wildman–Crippen MR) is 357 cm³/mol. The van der Waals surface area contributed by atoms with E-state index >= 15 is 14.4 Å². The standard InChI is InChI=1S/C69H94N14O13/c1-4-35-73-58(86)41-54-65(92)74-48(24-14-15-33-70)61(88)77-53(39-46-27-29-47(84)30-28-46)66(93)82-59(42(2)3)68(95)76-49(25-16-34-71)60(87)75-50(31-32-57(72)85)62(89)81-55(40-45-22-12-7-13-23-45)69(96)83-36-17-26-56(83)67(94)80-52(38-44-20-10-6-11-21-44)64(91)78-51(63(90)79-54)37-43-18-8-5-9-19-43/h5-13,18-23,27-30,42,48-56,59,84H,4,14-17,24-26,31-41,70-71H2,1-3H3,(H2,72,85)(H,73,86)(H,74,92)(H,75,87)(H,76,95)(H,77,88)(H,78,91)(H,79,90)(H,80,94)(H,81,89)(H,82,93)/t48-,49-,50-,51+,52+,53-,54+,55+,56-,59-/m0/s1. The summed E-state index contributed by atoms with van der Waals surface area (Å²) in [4.78, 5) is 176. The van der Waals surface area contributed by atoms with Crippen molar-refractivity contribution in [3.8, 4) is 5.75 Å². The molecule has 27 heteroatoms. The topological polar surface area (TPSA) is 427 Å². The van der Waals surface area contributed by atoms with Gasteiger partial charge in [0.1, 0.15) is 66.2 Å². The second-order valence-electron chi connectivity index (χ2n) is 24.6. The minimum Gasteiger partial charge on any atom is -0.508 e. The Morgan fingerprint density at radius 2 is 0.885 bits per heavy atom. The van der Waals surface area contributed by atoms with Crippen molar-refractivity contribution in [2.75, 3.05) is 26.2 Å². The number of nitrogens with zero attached hydrogens (tertiary/aromatic N) is 1. The molecular formula is C69H94N14O13. The summed E-state index contributed by atoms with van der Waals surface area (Å²) >= 11 is 0. The van der Waals surface area contributed by atoms with Gasteiger partial charge in [-0.2, -0.15) is 0 Å². The van der Waals surface area contributed by atoms with Gasteiger partial charge in [-0.1, -0.05) is 124 Å². The number of benzene rings is 4. The number of primary amides is 1. The number of nitrogens with two attached hydrogens (primary N) is 3. The number of amides is 12. The molecule has 12 amide bonds. The number of carbonyl (C=O) groups is 12. The van der Waals surface area contributed by atoms with Crippen LogP contribution in [0.3, 0.4) is 0 Å². The van der Waals surface area contributed by atoms with Crippen molar-refractivity contribution in [2.24, 2.45) is 23.1 Å². The summed E-state index contributed by atoms with van der Waals surface area (Å²) in [6.45, 7) is 5.55. The van der Waals surface area contributed by atoms with Gasteiger partial charge in [-0.05, 0) is 111 Å². The van der Waals surface area contributed by atoms with Gasteiger partial charge < -0.3 is 80.4 Å². The summed E-state index contributed by atoms with van der Waals surface area (Å²) in [5, 5.41) is 37.5. The number of hydrogen-bond donors (Lipinski definition) is 14. The zero-order valence-corrected chi connectivity index (χ0v) is 54.8. The second-order valence-corrected chi connectivity index (χ2v) is 24.6. The summed E-state index contributed by atoms with van der Waals surface area (Å²) < 4.78 is 0. The van der Waals surface area contributed by atoms with E-state index in [0.717, 1.165) is 0 Å². The maximum absolute atomic E-state index is 15.2. The molecule has 4 aromatic carbocycles. The fraction of sp³-hybridized carbons (Fsp3) is 0.478. The van der Waals surface area contributed by atoms with Crippen molar-refractivity contribution in [1.29, 1.82) is 0 Å². The largest absolute Gasteiger partial charge is 0.508 e. The summed E-state index contributed by atoms with van der Waals surface area (Å²) in [5.41, 5.74) is 19.6. The summed E-state index contributed by atoms with van der Waals surface area (Å²) in [7, 11) is 0. The lowest BCUT2D eigenvalue weighted by Crippen LogP contribution is -2.62. The fourth-order valence-electron chi connectivity index (χ4n) is 11.3. The van der Waals surface area contributed by atoms with Crippen molar-refractivity contribution in [1.82, 2.24) is 58.1 Å². The minimum absolute atomic E-state index is 0.0402. The molecule has 6 rings (SSSR count). The number of hydrogen-bond acceptors (Lipinski definition) is 15. The molecule has 2 heterocycles. The van der Waals surface area contributed by atoms with Crippen LogP contribution in [0.25, 0.3) is 0 Å². The van der Waals surface area contributed by atoms with Crippen LogP contribution in [0.15, 0.2) is 115 Å². The average molecular weight is 1330 g/mol. The lowest BCUT2D eigenvalue weighted by molar-refractivity contribution is -0.142. The molecule has 96 heavy (non-hydrogen) atoms. The number of phenolic OH excluding ortho intramolecular Hbond substituents is 1. The molecule has 10 atom stereocenters. The maximum Gasteiger partial charge on any atom is 0.246 e. The zero-order chi connectivity index (χ0) is 69.7. The molecule has 0 aliphatic carbocycles. The van der Waals surface area contributed by atoms with Gasteiger partial charge in [0.25, 0.3) is 0 Å². The van der Waals surface area contributed by atoms with E-state index in [0.29, 0.717) is 41.5 Å². The van der Waals surface area contributed by atoms with Crippen LogP contribution in [0, 0.1) is 5.92 Å². The quantitative estimate of drug-likeness (QED) is 0.0426. The van der Waals surface area contributed by atoms with Crippen molar-refractivity contribution < 1.29 is 62.6 Å². The molecule has 2 aliphatic rings. The van der Waals surface area contributed by atoms with Gasteiger partial charge in [-0.3, -0.25) is 57.5 Å². The SMILES string of the molecule is CCCNC(=O)C[C@H]1NC(=O)[C@@H](Cc2ccccc2)NC(=O)[C@@H](Cc2ccccc2)NC(=O)[C@@H]2CCCN2C(=O)[C@@H](Cc2ccccc2)NC(=O)[C@H](CCC(N)=O)NC(=O)[C@H](CCCN)NC(=O)[C@H](C(C)C)NC(=O)[C@H](Cc2ccc(O)cc2)NC(=O)[C@H](CCCCN)NC1=O. The Labute approximate surface area is 559 Å². The van der Waals surface area contributed by atoms with Crippen LogP contribution in [0.5, 0.6) is 5.75 Å². The van der Waals surface area contributed by atoms with Gasteiger partial charge >= 0.3 is 0 Å². The van der Waals surface area contributed by atoms with Crippen LogP contribution >= 0.6 is 0 Å². The highest BCUT2D eigenvalue weighted by molar-refractivity contribution is 6.01. The Kier molecular flexibility index (Phi) is 30.2. The Morgan fingerprint density at radius 1 is 0.490 bits per heavy atom. The normalized spacial score (nSPS) is 23.3. The Hall–Kier alpha value is -9.76. The number of phenols is 1. The van der Waals surface area contributed by atoms with Gasteiger partial charge in [0.15, 0.2) is 0 Å². The van der Waals surface area contributed by atoms with Crippen LogP contribution in [-0.4, -0.2) is 167 Å². The third-order valence-corrected chi connectivity index (χ3v) is 16.6. The predicted octanol–water partition coefficient (Wildman–Crippen LogP) is -0.264. The lowest BCUT2D eigenvalue weighted by atomic mass is 9.99. The van der Waals surface area contributed by atoms with Crippen molar-refractivity contribution in [2.45, 2.75) is 178 Å². The first-order valence-electron chi connectivity index (χ1n) is 33.0. The van der Waals surface area contributed by atoms with E-state index in [4.69, 9.17) is 17.2 Å². The monoisotopic (exact) mass is 1330 g/mol.